The van der Waals surface area contributed by atoms with Crippen molar-refractivity contribution in [1.29, 1.82) is 0 Å². The lowest BCUT2D eigenvalue weighted by atomic mass is 9.79. The van der Waals surface area contributed by atoms with Crippen molar-refractivity contribution >= 4 is 0 Å². The highest BCUT2D eigenvalue weighted by Gasteiger charge is 2.53. The summed E-state index contributed by atoms with van der Waals surface area (Å²) in [6, 6.07) is 0. The molecule has 1 spiro atoms. The molecular weight excluding hydrogens is 184 g/mol. The van der Waals surface area contributed by atoms with Gasteiger partial charge in [-0.3, -0.25) is 0 Å². The Morgan fingerprint density at radius 2 is 1.43 bits per heavy atom. The van der Waals surface area contributed by atoms with Crippen LogP contribution in [0.15, 0.2) is 0 Å². The van der Waals surface area contributed by atoms with Crippen molar-refractivity contribution in [1.82, 2.24) is 5.32 Å². The van der Waals surface area contributed by atoms with Crippen LogP contribution in [0.25, 0.3) is 0 Å². The van der Waals surface area contributed by atoms with Crippen LogP contribution in [0.5, 0.6) is 0 Å². The first kappa shape index (κ1) is 10.3. The van der Waals surface area contributed by atoms with Crippen LogP contribution in [-0.2, 0) is 0 Å². The van der Waals surface area contributed by atoms with Crippen LogP contribution in [0.4, 0.5) is 8.78 Å². The van der Waals surface area contributed by atoms with E-state index in [9.17, 15) is 8.78 Å². The van der Waals surface area contributed by atoms with Gasteiger partial charge in [-0.2, -0.15) is 0 Å². The summed E-state index contributed by atoms with van der Waals surface area (Å²) >= 11 is 0. The van der Waals surface area contributed by atoms with Gasteiger partial charge in [0.1, 0.15) is 0 Å². The van der Waals surface area contributed by atoms with E-state index in [1.807, 2.05) is 0 Å². The third-order valence-corrected chi connectivity index (χ3v) is 3.79. The number of piperidine rings is 1. The van der Waals surface area contributed by atoms with E-state index in [1.165, 1.54) is 0 Å². The largest absolute Gasteiger partial charge is 0.306 e. The van der Waals surface area contributed by atoms with E-state index in [2.05, 4.69) is 5.32 Å². The zero-order valence-corrected chi connectivity index (χ0v) is 8.62. The predicted octanol–water partition coefficient (Wildman–Crippen LogP) is 3.10. The Kier molecular flexibility index (Phi) is 2.78. The number of halogens is 2. The molecule has 82 valence electrons. The molecule has 1 N–H and O–H groups in total. The predicted molar refractivity (Wildman–Crippen MR) is 52.6 cm³/mol. The second-order valence-corrected chi connectivity index (χ2v) is 4.73. The van der Waals surface area contributed by atoms with E-state index in [-0.39, 0.29) is 6.42 Å². The van der Waals surface area contributed by atoms with Crippen molar-refractivity contribution in [2.45, 2.75) is 62.8 Å². The molecule has 14 heavy (non-hydrogen) atoms. The molecule has 3 heteroatoms. The monoisotopic (exact) mass is 203 g/mol. The molecule has 2 rings (SSSR count). The molecule has 1 aliphatic carbocycles. The van der Waals surface area contributed by atoms with Gasteiger partial charge in [0.05, 0.1) is 5.54 Å². The lowest BCUT2D eigenvalue weighted by molar-refractivity contribution is -0.119. The molecule has 1 aliphatic heterocycles. The van der Waals surface area contributed by atoms with Gasteiger partial charge in [-0.1, -0.05) is 25.7 Å². The Labute approximate surface area is 84.3 Å². The Bertz CT molecular complexity index is 195. The van der Waals surface area contributed by atoms with E-state index in [0.29, 0.717) is 19.3 Å². The van der Waals surface area contributed by atoms with Gasteiger partial charge in [0.25, 0.3) is 5.92 Å². The molecule has 0 aromatic carbocycles. The molecule has 0 amide bonds. The van der Waals surface area contributed by atoms with Crippen LogP contribution in [0.1, 0.15) is 51.4 Å². The quantitative estimate of drug-likeness (QED) is 0.638. The van der Waals surface area contributed by atoms with Crippen molar-refractivity contribution in [3.63, 3.8) is 0 Å². The minimum atomic E-state index is -2.48. The van der Waals surface area contributed by atoms with Gasteiger partial charge >= 0.3 is 0 Å². The van der Waals surface area contributed by atoms with E-state index in [4.69, 9.17) is 0 Å². The highest BCUT2D eigenvalue weighted by molar-refractivity contribution is 5.03. The van der Waals surface area contributed by atoms with Crippen LogP contribution in [-0.4, -0.2) is 18.0 Å². The summed E-state index contributed by atoms with van der Waals surface area (Å²) in [5.74, 6) is -2.48. The van der Waals surface area contributed by atoms with E-state index < -0.39 is 11.5 Å². The van der Waals surface area contributed by atoms with Crippen molar-refractivity contribution in [3.8, 4) is 0 Å². The van der Waals surface area contributed by atoms with E-state index in [1.54, 1.807) is 0 Å². The maximum Gasteiger partial charge on any atom is 0.265 e. The standard InChI is InChI=1S/C11H19F2N/c12-11(13)8-5-9-14-10(11)6-3-1-2-4-7-10/h14H,1-9H2. The van der Waals surface area contributed by atoms with Gasteiger partial charge in [0.15, 0.2) is 0 Å². The van der Waals surface area contributed by atoms with Crippen molar-refractivity contribution in [2.24, 2.45) is 0 Å². The van der Waals surface area contributed by atoms with Gasteiger partial charge in [0, 0.05) is 6.42 Å². The minimum absolute atomic E-state index is 0.0833. The van der Waals surface area contributed by atoms with E-state index in [0.717, 1.165) is 32.2 Å². The van der Waals surface area contributed by atoms with Crippen LogP contribution in [0.3, 0.4) is 0 Å². The fourth-order valence-corrected chi connectivity index (χ4v) is 2.88. The molecule has 0 atom stereocenters. The molecular formula is C11H19F2N. The first-order valence-corrected chi connectivity index (χ1v) is 5.79. The first-order chi connectivity index (χ1) is 6.66. The zero-order chi connectivity index (χ0) is 10.1. The first-order valence-electron chi connectivity index (χ1n) is 5.79. The maximum atomic E-state index is 13.9. The van der Waals surface area contributed by atoms with Crippen LogP contribution in [0, 0.1) is 0 Å². The van der Waals surface area contributed by atoms with Crippen LogP contribution in [0.2, 0.25) is 0 Å². The summed E-state index contributed by atoms with van der Waals surface area (Å²) in [5.41, 5.74) is -0.845. The molecule has 1 saturated heterocycles. The topological polar surface area (TPSA) is 12.0 Å². The molecule has 1 heterocycles. The fraction of sp³-hybridized carbons (Fsp3) is 1.00. The molecule has 0 aromatic rings. The molecule has 0 unspecified atom stereocenters. The van der Waals surface area contributed by atoms with E-state index >= 15 is 0 Å². The number of hydrogen-bond acceptors (Lipinski definition) is 1. The smallest absolute Gasteiger partial charge is 0.265 e. The number of hydrogen-bond donors (Lipinski definition) is 1. The lowest BCUT2D eigenvalue weighted by Crippen LogP contribution is -2.61. The highest BCUT2D eigenvalue weighted by Crippen LogP contribution is 2.44. The Morgan fingerprint density at radius 1 is 0.786 bits per heavy atom. The average Bonchev–Trinajstić information content (AvgIpc) is 2.37. The van der Waals surface area contributed by atoms with Crippen LogP contribution < -0.4 is 5.32 Å². The SMILES string of the molecule is FC1(F)CCCNC12CCCCCC2. The summed E-state index contributed by atoms with van der Waals surface area (Å²) in [4.78, 5) is 0. The number of nitrogens with one attached hydrogen (secondary N) is 1. The van der Waals surface area contributed by atoms with Gasteiger partial charge in [-0.25, -0.2) is 8.78 Å². The molecule has 2 fully saturated rings. The normalized spacial score (nSPS) is 31.3. The van der Waals surface area contributed by atoms with Crippen LogP contribution >= 0.6 is 0 Å². The molecule has 1 saturated carbocycles. The van der Waals surface area contributed by atoms with Crippen molar-refractivity contribution in [3.05, 3.63) is 0 Å². The molecule has 0 radical (unpaired) electrons. The highest BCUT2D eigenvalue weighted by atomic mass is 19.3. The fourth-order valence-electron chi connectivity index (χ4n) is 2.88. The third kappa shape index (κ3) is 1.67. The third-order valence-electron chi connectivity index (χ3n) is 3.79. The Morgan fingerprint density at radius 3 is 2.00 bits per heavy atom. The lowest BCUT2D eigenvalue weighted by Gasteiger charge is -2.44. The second-order valence-electron chi connectivity index (χ2n) is 4.73. The van der Waals surface area contributed by atoms with Gasteiger partial charge in [-0.15, -0.1) is 0 Å². The average molecular weight is 203 g/mol. The van der Waals surface area contributed by atoms with Crippen molar-refractivity contribution < 1.29 is 8.78 Å². The second kappa shape index (κ2) is 3.76. The number of alkyl halides is 2. The molecule has 0 bridgehead atoms. The zero-order valence-electron chi connectivity index (χ0n) is 8.62. The van der Waals surface area contributed by atoms with Gasteiger partial charge in [0.2, 0.25) is 0 Å². The molecule has 2 aliphatic rings. The summed E-state index contributed by atoms with van der Waals surface area (Å²) in [7, 11) is 0. The maximum absolute atomic E-state index is 13.9. The summed E-state index contributed by atoms with van der Waals surface area (Å²) < 4.78 is 27.7. The van der Waals surface area contributed by atoms with Crippen molar-refractivity contribution in [2.75, 3.05) is 6.54 Å². The minimum Gasteiger partial charge on any atom is -0.306 e. The Hall–Kier alpha value is -0.180. The summed E-state index contributed by atoms with van der Waals surface area (Å²) in [5, 5.41) is 3.11. The molecule has 0 aromatic heterocycles. The molecule has 1 nitrogen and oxygen atoms in total. The summed E-state index contributed by atoms with van der Waals surface area (Å²) in [6.45, 7) is 0.773. The van der Waals surface area contributed by atoms with Gasteiger partial charge < -0.3 is 5.32 Å². The van der Waals surface area contributed by atoms with Gasteiger partial charge in [-0.05, 0) is 25.8 Å². The Balaban J connectivity index is 2.16. The summed E-state index contributed by atoms with van der Waals surface area (Å²) in [6.07, 6.45) is 6.21. The number of rotatable bonds is 0.